The van der Waals surface area contributed by atoms with E-state index >= 15 is 0 Å². The first-order valence-corrected chi connectivity index (χ1v) is 7.11. The first-order chi connectivity index (χ1) is 8.44. The van der Waals surface area contributed by atoms with Gasteiger partial charge in [-0.2, -0.15) is 0 Å². The van der Waals surface area contributed by atoms with Crippen molar-refractivity contribution in [2.75, 3.05) is 7.05 Å². The third-order valence-electron chi connectivity index (χ3n) is 3.77. The summed E-state index contributed by atoms with van der Waals surface area (Å²) in [5, 5.41) is 3.68. The molecule has 2 atom stereocenters. The molecule has 2 unspecified atom stereocenters. The second-order valence-corrected chi connectivity index (χ2v) is 6.81. The van der Waals surface area contributed by atoms with Crippen molar-refractivity contribution >= 4 is 11.8 Å². The number of thioether (sulfide) groups is 1. The van der Waals surface area contributed by atoms with Crippen LogP contribution in [-0.4, -0.2) is 18.3 Å². The average Bonchev–Trinajstić information content (AvgIpc) is 2.57. The highest BCUT2D eigenvalue weighted by Gasteiger charge is 2.41. The summed E-state index contributed by atoms with van der Waals surface area (Å²) in [7, 11) is 1.95. The molecule has 1 nitrogen and oxygen atoms in total. The predicted molar refractivity (Wildman–Crippen MR) is 71.9 cm³/mol. The van der Waals surface area contributed by atoms with Gasteiger partial charge >= 0.3 is 0 Å². The van der Waals surface area contributed by atoms with Crippen LogP contribution in [0.2, 0.25) is 0 Å². The zero-order chi connectivity index (χ0) is 13.3. The van der Waals surface area contributed by atoms with Crippen molar-refractivity contribution < 1.29 is 8.78 Å². The highest BCUT2D eigenvalue weighted by atomic mass is 32.2. The number of nitrogens with one attached hydrogen (secondary N) is 1. The third kappa shape index (κ3) is 2.69. The van der Waals surface area contributed by atoms with Gasteiger partial charge < -0.3 is 5.32 Å². The van der Waals surface area contributed by atoms with Crippen LogP contribution in [0, 0.1) is 17.0 Å². The van der Waals surface area contributed by atoms with E-state index in [1.807, 2.05) is 7.05 Å². The van der Waals surface area contributed by atoms with Crippen molar-refractivity contribution in [3.05, 3.63) is 29.8 Å². The summed E-state index contributed by atoms with van der Waals surface area (Å²) < 4.78 is 26.5. The summed E-state index contributed by atoms with van der Waals surface area (Å²) in [6, 6.07) is 4.16. The van der Waals surface area contributed by atoms with Gasteiger partial charge in [0.25, 0.3) is 0 Å². The summed E-state index contributed by atoms with van der Waals surface area (Å²) in [5.74, 6) is -0.978. The van der Waals surface area contributed by atoms with Crippen molar-refractivity contribution in [1.29, 1.82) is 0 Å². The number of halogens is 2. The van der Waals surface area contributed by atoms with Crippen LogP contribution in [0.1, 0.15) is 26.7 Å². The van der Waals surface area contributed by atoms with Crippen LogP contribution in [0.3, 0.4) is 0 Å². The van der Waals surface area contributed by atoms with Gasteiger partial charge in [-0.3, -0.25) is 0 Å². The zero-order valence-corrected chi connectivity index (χ0v) is 11.8. The van der Waals surface area contributed by atoms with Crippen molar-refractivity contribution in [3.63, 3.8) is 0 Å². The molecule has 0 spiro atoms. The van der Waals surface area contributed by atoms with Crippen LogP contribution in [-0.2, 0) is 0 Å². The normalized spacial score (nSPS) is 26.5. The molecule has 18 heavy (non-hydrogen) atoms. The molecule has 0 amide bonds. The lowest BCUT2D eigenvalue weighted by atomic mass is 9.87. The second kappa shape index (κ2) is 5.17. The molecule has 1 aromatic rings. The van der Waals surface area contributed by atoms with E-state index in [1.165, 1.54) is 23.9 Å². The summed E-state index contributed by atoms with van der Waals surface area (Å²) in [4.78, 5) is 0.541. The highest BCUT2D eigenvalue weighted by Crippen LogP contribution is 2.45. The molecule has 0 radical (unpaired) electrons. The molecule has 4 heteroatoms. The summed E-state index contributed by atoms with van der Waals surface area (Å²) in [5.41, 5.74) is 0.225. The van der Waals surface area contributed by atoms with Gasteiger partial charge in [0, 0.05) is 22.3 Å². The van der Waals surface area contributed by atoms with Crippen molar-refractivity contribution in [2.24, 2.45) is 5.41 Å². The molecule has 2 rings (SSSR count). The second-order valence-electron chi connectivity index (χ2n) is 5.52. The van der Waals surface area contributed by atoms with Gasteiger partial charge in [0.05, 0.1) is 0 Å². The zero-order valence-electron chi connectivity index (χ0n) is 11.0. The fraction of sp³-hybridized carbons (Fsp3) is 0.571. The van der Waals surface area contributed by atoms with E-state index in [9.17, 15) is 8.78 Å². The largest absolute Gasteiger partial charge is 0.315 e. The first-order valence-electron chi connectivity index (χ1n) is 6.23. The average molecular weight is 271 g/mol. The van der Waals surface area contributed by atoms with Gasteiger partial charge in [-0.25, -0.2) is 8.78 Å². The maximum Gasteiger partial charge on any atom is 0.139 e. The van der Waals surface area contributed by atoms with Crippen LogP contribution in [0.5, 0.6) is 0 Å². The van der Waals surface area contributed by atoms with E-state index in [2.05, 4.69) is 19.2 Å². The molecule has 0 saturated heterocycles. The molecular weight excluding hydrogens is 252 g/mol. The van der Waals surface area contributed by atoms with Gasteiger partial charge in [-0.15, -0.1) is 11.8 Å². The Morgan fingerprint density at radius 2 is 2.06 bits per heavy atom. The number of rotatable bonds is 3. The van der Waals surface area contributed by atoms with Gasteiger partial charge in [-0.05, 0) is 37.4 Å². The molecule has 100 valence electrons. The fourth-order valence-corrected chi connectivity index (χ4v) is 4.30. The van der Waals surface area contributed by atoms with Crippen molar-refractivity contribution in [1.82, 2.24) is 5.32 Å². The van der Waals surface area contributed by atoms with Crippen LogP contribution in [0.15, 0.2) is 23.1 Å². The molecule has 0 aliphatic heterocycles. The Labute approximate surface area is 111 Å². The standard InChI is InChI=1S/C14H19F2NS/c1-14(2)7-6-12(13(14)17-3)18-11-5-4-9(15)8-10(11)16/h4-5,8,12-13,17H,6-7H2,1-3H3. The van der Waals surface area contributed by atoms with E-state index in [0.29, 0.717) is 16.2 Å². The maximum atomic E-state index is 13.6. The van der Waals surface area contributed by atoms with Gasteiger partial charge in [0.15, 0.2) is 0 Å². The smallest absolute Gasteiger partial charge is 0.139 e. The molecule has 1 aromatic carbocycles. The minimum absolute atomic E-state index is 0.225. The molecule has 1 fully saturated rings. The van der Waals surface area contributed by atoms with Crippen molar-refractivity contribution in [2.45, 2.75) is 42.9 Å². The Morgan fingerprint density at radius 1 is 1.33 bits per heavy atom. The van der Waals surface area contributed by atoms with Crippen LogP contribution in [0.4, 0.5) is 8.78 Å². The van der Waals surface area contributed by atoms with Crippen molar-refractivity contribution in [3.8, 4) is 0 Å². The SMILES string of the molecule is CNC1C(Sc2ccc(F)cc2F)CCC1(C)C. The van der Waals surface area contributed by atoms with E-state index in [1.54, 1.807) is 0 Å². The molecule has 0 heterocycles. The molecule has 0 bridgehead atoms. The lowest BCUT2D eigenvalue weighted by molar-refractivity contribution is 0.300. The van der Waals surface area contributed by atoms with Gasteiger partial charge in [0.2, 0.25) is 0 Å². The molecule has 0 aromatic heterocycles. The molecule has 1 saturated carbocycles. The number of hydrogen-bond donors (Lipinski definition) is 1. The first kappa shape index (κ1) is 13.8. The van der Waals surface area contributed by atoms with E-state index in [0.717, 1.165) is 18.9 Å². The maximum absolute atomic E-state index is 13.6. The van der Waals surface area contributed by atoms with Crippen LogP contribution < -0.4 is 5.32 Å². The molecule has 1 N–H and O–H groups in total. The quantitative estimate of drug-likeness (QED) is 0.896. The topological polar surface area (TPSA) is 12.0 Å². The summed E-state index contributed by atoms with van der Waals surface area (Å²) in [6.45, 7) is 4.46. The third-order valence-corrected chi connectivity index (χ3v) is 5.17. The van der Waals surface area contributed by atoms with E-state index in [-0.39, 0.29) is 5.41 Å². The van der Waals surface area contributed by atoms with E-state index < -0.39 is 11.6 Å². The monoisotopic (exact) mass is 271 g/mol. The minimum atomic E-state index is -0.520. The Morgan fingerprint density at radius 3 is 2.67 bits per heavy atom. The Balaban J connectivity index is 2.14. The fourth-order valence-electron chi connectivity index (χ4n) is 2.78. The summed E-state index contributed by atoms with van der Waals surface area (Å²) in [6.07, 6.45) is 2.18. The van der Waals surface area contributed by atoms with Gasteiger partial charge in [-0.1, -0.05) is 13.8 Å². The van der Waals surface area contributed by atoms with E-state index in [4.69, 9.17) is 0 Å². The lowest BCUT2D eigenvalue weighted by Gasteiger charge is -2.30. The lowest BCUT2D eigenvalue weighted by Crippen LogP contribution is -2.41. The number of hydrogen-bond acceptors (Lipinski definition) is 2. The molecule has 1 aliphatic carbocycles. The Bertz CT molecular complexity index is 434. The molecular formula is C14H19F2NS. The van der Waals surface area contributed by atoms with Crippen LogP contribution >= 0.6 is 11.8 Å². The minimum Gasteiger partial charge on any atom is -0.315 e. The number of benzene rings is 1. The Hall–Kier alpha value is -0.610. The van der Waals surface area contributed by atoms with Crippen LogP contribution in [0.25, 0.3) is 0 Å². The molecule has 1 aliphatic rings. The predicted octanol–water partition coefficient (Wildman–Crippen LogP) is 3.83. The summed E-state index contributed by atoms with van der Waals surface area (Å²) >= 11 is 1.52. The Kier molecular flexibility index (Phi) is 3.97. The van der Waals surface area contributed by atoms with Gasteiger partial charge in [0.1, 0.15) is 11.6 Å². The highest BCUT2D eigenvalue weighted by molar-refractivity contribution is 8.00.